The van der Waals surface area contributed by atoms with Crippen molar-refractivity contribution in [1.82, 2.24) is 0 Å². The van der Waals surface area contributed by atoms with Gasteiger partial charge in [-0.25, -0.2) is 0 Å². The van der Waals surface area contributed by atoms with E-state index in [0.717, 1.165) is 24.3 Å². The minimum absolute atomic E-state index is 0.314. The zero-order valence-electron chi connectivity index (χ0n) is 11.5. The lowest BCUT2D eigenvalue weighted by Crippen LogP contribution is -2.08. The van der Waals surface area contributed by atoms with Crippen molar-refractivity contribution in [3.8, 4) is 0 Å². The van der Waals surface area contributed by atoms with Crippen molar-refractivity contribution in [3.05, 3.63) is 70.8 Å². The number of alkyl halides is 6. The lowest BCUT2D eigenvalue weighted by Gasteiger charge is -2.16. The third kappa shape index (κ3) is 3.61. The summed E-state index contributed by atoms with van der Waals surface area (Å²) in [4.78, 5) is 0. The first-order chi connectivity index (χ1) is 10.1. The zero-order chi connectivity index (χ0) is 16.5. The van der Waals surface area contributed by atoms with Crippen LogP contribution < -0.4 is 0 Å². The van der Waals surface area contributed by atoms with Crippen molar-refractivity contribution in [1.29, 1.82) is 0 Å². The second-order valence-corrected chi connectivity index (χ2v) is 4.97. The van der Waals surface area contributed by atoms with Crippen LogP contribution in [0.5, 0.6) is 0 Å². The SMILES string of the molecule is CC(c1cccc(C(F)(F)F)c1)c1cccc(C(F)(F)F)c1. The highest BCUT2D eigenvalue weighted by Crippen LogP contribution is 2.35. The summed E-state index contributed by atoms with van der Waals surface area (Å²) in [6.07, 6.45) is -8.97. The molecule has 0 saturated heterocycles. The molecule has 0 N–H and O–H groups in total. The van der Waals surface area contributed by atoms with E-state index in [1.807, 2.05) is 0 Å². The molecule has 0 saturated carbocycles. The van der Waals surface area contributed by atoms with E-state index in [-0.39, 0.29) is 0 Å². The van der Waals surface area contributed by atoms with Crippen LogP contribution in [0.1, 0.15) is 35.1 Å². The summed E-state index contributed by atoms with van der Waals surface area (Å²) in [7, 11) is 0. The van der Waals surface area contributed by atoms with Crippen LogP contribution >= 0.6 is 0 Å². The van der Waals surface area contributed by atoms with Gasteiger partial charge in [0.15, 0.2) is 0 Å². The maximum Gasteiger partial charge on any atom is 0.416 e. The van der Waals surface area contributed by atoms with E-state index < -0.39 is 29.4 Å². The monoisotopic (exact) mass is 318 g/mol. The van der Waals surface area contributed by atoms with E-state index in [1.54, 1.807) is 6.92 Å². The fourth-order valence-electron chi connectivity index (χ4n) is 2.16. The van der Waals surface area contributed by atoms with E-state index in [1.165, 1.54) is 24.3 Å². The predicted molar refractivity (Wildman–Crippen MR) is 70.4 cm³/mol. The number of benzene rings is 2. The summed E-state index contributed by atoms with van der Waals surface area (Å²) in [5.41, 5.74) is -1.00. The van der Waals surface area contributed by atoms with Crippen LogP contribution in [0.2, 0.25) is 0 Å². The number of hydrogen-bond acceptors (Lipinski definition) is 0. The molecule has 0 aliphatic rings. The Bertz CT molecular complexity index is 597. The van der Waals surface area contributed by atoms with Gasteiger partial charge in [0.1, 0.15) is 0 Å². The predicted octanol–water partition coefficient (Wildman–Crippen LogP) is 5.88. The summed E-state index contributed by atoms with van der Waals surface area (Å²) in [6.45, 7) is 1.57. The van der Waals surface area contributed by atoms with Crippen molar-refractivity contribution in [2.45, 2.75) is 25.2 Å². The molecule has 6 heteroatoms. The van der Waals surface area contributed by atoms with Crippen molar-refractivity contribution < 1.29 is 26.3 Å². The van der Waals surface area contributed by atoms with Crippen LogP contribution in [-0.4, -0.2) is 0 Å². The second kappa shape index (κ2) is 5.66. The van der Waals surface area contributed by atoms with Crippen LogP contribution in [0.4, 0.5) is 26.3 Å². The molecule has 0 atom stereocenters. The molecule has 2 rings (SSSR count). The first-order valence-corrected chi connectivity index (χ1v) is 6.43. The summed E-state index contributed by atoms with van der Waals surface area (Å²) in [6, 6.07) is 9.24. The van der Waals surface area contributed by atoms with Gasteiger partial charge in [-0.05, 0) is 23.3 Å². The third-order valence-corrected chi connectivity index (χ3v) is 3.43. The Hall–Kier alpha value is -1.98. The highest BCUT2D eigenvalue weighted by atomic mass is 19.4. The Morgan fingerprint density at radius 1 is 0.682 bits per heavy atom. The Morgan fingerprint density at radius 3 is 1.36 bits per heavy atom. The zero-order valence-corrected chi connectivity index (χ0v) is 11.5. The number of halogens is 6. The molecule has 22 heavy (non-hydrogen) atoms. The van der Waals surface area contributed by atoms with Gasteiger partial charge in [-0.3, -0.25) is 0 Å². The van der Waals surface area contributed by atoms with Crippen LogP contribution in [0.3, 0.4) is 0 Å². The molecule has 0 nitrogen and oxygen atoms in total. The maximum atomic E-state index is 12.7. The molecule has 0 amide bonds. The van der Waals surface area contributed by atoms with Crippen molar-refractivity contribution in [2.75, 3.05) is 0 Å². The average Bonchev–Trinajstić information content (AvgIpc) is 2.45. The van der Waals surface area contributed by atoms with E-state index in [4.69, 9.17) is 0 Å². The molecule has 0 aromatic heterocycles. The van der Waals surface area contributed by atoms with Crippen molar-refractivity contribution >= 4 is 0 Å². The molecule has 0 bridgehead atoms. The van der Waals surface area contributed by atoms with Crippen molar-refractivity contribution in [3.63, 3.8) is 0 Å². The Labute approximate surface area is 123 Å². The normalized spacial score (nSPS) is 12.7. The molecule has 0 unspecified atom stereocenters. The van der Waals surface area contributed by atoms with E-state index in [2.05, 4.69) is 0 Å². The molecule has 0 fully saturated rings. The first kappa shape index (κ1) is 16.4. The second-order valence-electron chi connectivity index (χ2n) is 4.97. The molecule has 0 heterocycles. The van der Waals surface area contributed by atoms with Crippen LogP contribution in [0.15, 0.2) is 48.5 Å². The largest absolute Gasteiger partial charge is 0.416 e. The molecule has 0 spiro atoms. The lowest BCUT2D eigenvalue weighted by atomic mass is 9.91. The molecule has 118 valence electrons. The lowest BCUT2D eigenvalue weighted by molar-refractivity contribution is -0.138. The average molecular weight is 318 g/mol. The van der Waals surface area contributed by atoms with Gasteiger partial charge in [-0.1, -0.05) is 43.3 Å². The molecule has 2 aromatic rings. The molecule has 0 radical (unpaired) electrons. The highest BCUT2D eigenvalue weighted by molar-refractivity contribution is 5.37. The Balaban J connectivity index is 2.38. The highest BCUT2D eigenvalue weighted by Gasteiger charge is 2.32. The Morgan fingerprint density at radius 2 is 1.05 bits per heavy atom. The fourth-order valence-corrected chi connectivity index (χ4v) is 2.16. The number of rotatable bonds is 2. The summed E-state index contributed by atoms with van der Waals surface area (Å²) >= 11 is 0. The topological polar surface area (TPSA) is 0 Å². The van der Waals surface area contributed by atoms with Gasteiger partial charge in [0.25, 0.3) is 0 Å². The van der Waals surface area contributed by atoms with Gasteiger partial charge in [0.05, 0.1) is 11.1 Å². The molecule has 2 aromatic carbocycles. The van der Waals surface area contributed by atoms with E-state index in [9.17, 15) is 26.3 Å². The minimum Gasteiger partial charge on any atom is -0.166 e. The van der Waals surface area contributed by atoms with E-state index in [0.29, 0.717) is 11.1 Å². The van der Waals surface area contributed by atoms with Crippen LogP contribution in [0.25, 0.3) is 0 Å². The minimum atomic E-state index is -4.48. The van der Waals surface area contributed by atoms with Gasteiger partial charge in [-0.15, -0.1) is 0 Å². The fraction of sp³-hybridized carbons (Fsp3) is 0.250. The number of hydrogen-bond donors (Lipinski definition) is 0. The summed E-state index contributed by atoms with van der Waals surface area (Å²) in [5.74, 6) is -0.579. The molecular formula is C16H12F6. The van der Waals surface area contributed by atoms with Gasteiger partial charge < -0.3 is 0 Å². The summed E-state index contributed by atoms with van der Waals surface area (Å²) in [5, 5.41) is 0. The smallest absolute Gasteiger partial charge is 0.166 e. The molecule has 0 aliphatic heterocycles. The van der Waals surface area contributed by atoms with Gasteiger partial charge >= 0.3 is 12.4 Å². The van der Waals surface area contributed by atoms with Crippen LogP contribution in [-0.2, 0) is 12.4 Å². The first-order valence-electron chi connectivity index (χ1n) is 6.43. The van der Waals surface area contributed by atoms with Gasteiger partial charge in [0.2, 0.25) is 0 Å². The summed E-state index contributed by atoms with van der Waals surface area (Å²) < 4.78 is 76.2. The van der Waals surface area contributed by atoms with Crippen molar-refractivity contribution in [2.24, 2.45) is 0 Å². The van der Waals surface area contributed by atoms with Gasteiger partial charge in [-0.2, -0.15) is 26.3 Å². The quantitative estimate of drug-likeness (QED) is 0.607. The van der Waals surface area contributed by atoms with E-state index >= 15 is 0 Å². The standard InChI is InChI=1S/C16H12F6/c1-10(11-4-2-6-13(8-11)15(17,18)19)12-5-3-7-14(9-12)16(20,21)22/h2-10H,1H3. The van der Waals surface area contributed by atoms with Crippen LogP contribution in [0, 0.1) is 0 Å². The molecular weight excluding hydrogens is 306 g/mol. The maximum absolute atomic E-state index is 12.7. The Kier molecular flexibility index (Phi) is 4.22. The third-order valence-electron chi connectivity index (χ3n) is 3.43. The van der Waals surface area contributed by atoms with Gasteiger partial charge in [0, 0.05) is 5.92 Å². The molecule has 0 aliphatic carbocycles.